The molecule has 2 N–H and O–H groups in total. The van der Waals surface area contributed by atoms with Gasteiger partial charge in [-0.05, 0) is 66.9 Å². The van der Waals surface area contributed by atoms with E-state index in [1.165, 1.54) is 12.1 Å². The summed E-state index contributed by atoms with van der Waals surface area (Å²) in [6.45, 7) is 3.91. The Kier molecular flexibility index (Phi) is 7.24. The van der Waals surface area contributed by atoms with Crippen molar-refractivity contribution in [1.82, 2.24) is 0 Å². The van der Waals surface area contributed by atoms with Crippen LogP contribution in [0.4, 0.5) is 4.39 Å². The molecule has 1 aliphatic heterocycles. The van der Waals surface area contributed by atoms with Crippen molar-refractivity contribution in [3.8, 4) is 16.2 Å². The van der Waals surface area contributed by atoms with Crippen LogP contribution in [0.5, 0.6) is 5.75 Å². The van der Waals surface area contributed by atoms with E-state index in [1.807, 2.05) is 32.0 Å². The molecule has 3 atom stereocenters. The predicted octanol–water partition coefficient (Wildman–Crippen LogP) is 4.60. The van der Waals surface area contributed by atoms with Crippen molar-refractivity contribution >= 4 is 17.1 Å². The first-order chi connectivity index (χ1) is 15.9. The first-order valence-corrected chi connectivity index (χ1v) is 11.8. The van der Waals surface area contributed by atoms with E-state index in [0.717, 1.165) is 32.0 Å². The van der Waals surface area contributed by atoms with Gasteiger partial charge in [-0.2, -0.15) is 0 Å². The summed E-state index contributed by atoms with van der Waals surface area (Å²) in [4.78, 5) is 14.3. The number of aliphatic hydroxyl groups excluding tert-OH is 2. The van der Waals surface area contributed by atoms with Crippen molar-refractivity contribution in [3.63, 3.8) is 0 Å². The number of halogens is 1. The summed E-state index contributed by atoms with van der Waals surface area (Å²) in [5.41, 5.74) is 3.88. The molecule has 4 rings (SSSR count). The molecule has 1 aromatic heterocycles. The summed E-state index contributed by atoms with van der Waals surface area (Å²) >= 11 is 1.65. The van der Waals surface area contributed by atoms with Gasteiger partial charge >= 0.3 is 0 Å². The maximum absolute atomic E-state index is 13.2. The summed E-state index contributed by atoms with van der Waals surface area (Å²) in [6.07, 6.45) is -1.99. The number of ketones is 1. The van der Waals surface area contributed by atoms with Gasteiger partial charge in [0.1, 0.15) is 23.8 Å². The van der Waals surface area contributed by atoms with Crippen molar-refractivity contribution < 1.29 is 28.9 Å². The van der Waals surface area contributed by atoms with Crippen LogP contribution < -0.4 is 4.74 Å². The van der Waals surface area contributed by atoms with Gasteiger partial charge in [0.05, 0.1) is 19.3 Å². The Morgan fingerprint density at radius 2 is 1.94 bits per heavy atom. The zero-order valence-electron chi connectivity index (χ0n) is 18.6. The quantitative estimate of drug-likeness (QED) is 0.528. The minimum atomic E-state index is -1.18. The number of rotatable bonds is 7. The fraction of sp³-hybridized carbons (Fsp3) is 0.346. The predicted molar refractivity (Wildman–Crippen MR) is 125 cm³/mol. The Balaban J connectivity index is 1.63. The lowest BCUT2D eigenvalue weighted by Gasteiger charge is -2.32. The van der Waals surface area contributed by atoms with Crippen molar-refractivity contribution in [2.45, 2.75) is 45.0 Å². The molecule has 0 saturated carbocycles. The fourth-order valence-electron chi connectivity index (χ4n) is 4.09. The summed E-state index contributed by atoms with van der Waals surface area (Å²) < 4.78 is 24.9. The molecule has 0 spiro atoms. The second kappa shape index (κ2) is 10.1. The number of carbonyl (C=O) groups excluding carboxylic acids is 1. The lowest BCUT2D eigenvalue weighted by molar-refractivity contribution is -0.162. The molecule has 0 unspecified atom stereocenters. The molecule has 174 valence electrons. The number of ether oxygens (including phenoxy) is 2. The van der Waals surface area contributed by atoms with Gasteiger partial charge in [0.2, 0.25) is 0 Å². The Labute approximate surface area is 196 Å². The van der Waals surface area contributed by atoms with Crippen LogP contribution in [-0.2, 0) is 16.0 Å². The number of thiophene rings is 1. The van der Waals surface area contributed by atoms with E-state index in [4.69, 9.17) is 9.47 Å². The van der Waals surface area contributed by atoms with Gasteiger partial charge in [0.15, 0.2) is 5.78 Å². The molecule has 3 aromatic rings. The van der Waals surface area contributed by atoms with Gasteiger partial charge in [-0.15, -0.1) is 11.3 Å². The van der Waals surface area contributed by atoms with Gasteiger partial charge in [-0.25, -0.2) is 4.39 Å². The van der Waals surface area contributed by atoms with Crippen LogP contribution >= 0.6 is 11.3 Å². The van der Waals surface area contributed by atoms with Gasteiger partial charge in [0.25, 0.3) is 0 Å². The molecule has 2 aromatic carbocycles. The van der Waals surface area contributed by atoms with Crippen molar-refractivity contribution in [1.29, 1.82) is 0 Å². The fourth-order valence-corrected chi connectivity index (χ4v) is 5.12. The Hall–Kier alpha value is -2.58. The third kappa shape index (κ3) is 5.17. The SMILES string of the molecule is CCOc1cc(C)c(Cc2ccc(-c3ccc(F)cc3)s2)cc1[C@H]1C[C@@H](O)C(=O)[C@@H](CO)O1. The van der Waals surface area contributed by atoms with Crippen LogP contribution in [0.25, 0.3) is 10.4 Å². The van der Waals surface area contributed by atoms with E-state index in [1.54, 1.807) is 23.5 Å². The molecule has 0 amide bonds. The van der Waals surface area contributed by atoms with Crippen LogP contribution in [0.1, 0.15) is 41.0 Å². The first-order valence-electron chi connectivity index (χ1n) is 11.0. The van der Waals surface area contributed by atoms with Crippen molar-refractivity contribution in [2.75, 3.05) is 13.2 Å². The van der Waals surface area contributed by atoms with Gasteiger partial charge < -0.3 is 19.7 Å². The molecule has 1 saturated heterocycles. The molecule has 33 heavy (non-hydrogen) atoms. The number of hydrogen-bond donors (Lipinski definition) is 2. The number of aliphatic hydroxyl groups is 2. The van der Waals surface area contributed by atoms with Crippen LogP contribution in [0, 0.1) is 12.7 Å². The zero-order chi connectivity index (χ0) is 23.5. The molecule has 2 heterocycles. The molecule has 1 aliphatic rings. The summed E-state index contributed by atoms with van der Waals surface area (Å²) in [5, 5.41) is 19.7. The Bertz CT molecular complexity index is 1120. The van der Waals surface area contributed by atoms with E-state index in [-0.39, 0.29) is 12.2 Å². The van der Waals surface area contributed by atoms with Crippen molar-refractivity contribution in [2.24, 2.45) is 0 Å². The second-order valence-electron chi connectivity index (χ2n) is 8.15. The van der Waals surface area contributed by atoms with E-state index in [2.05, 4.69) is 6.07 Å². The maximum Gasteiger partial charge on any atom is 0.192 e. The summed E-state index contributed by atoms with van der Waals surface area (Å²) in [7, 11) is 0. The van der Waals surface area contributed by atoms with E-state index < -0.39 is 30.7 Å². The number of hydrogen-bond acceptors (Lipinski definition) is 6. The average molecular weight is 471 g/mol. The number of benzene rings is 2. The van der Waals surface area contributed by atoms with E-state index >= 15 is 0 Å². The molecule has 1 fully saturated rings. The highest BCUT2D eigenvalue weighted by atomic mass is 32.1. The minimum Gasteiger partial charge on any atom is -0.493 e. The topological polar surface area (TPSA) is 76.0 Å². The maximum atomic E-state index is 13.2. The highest BCUT2D eigenvalue weighted by Gasteiger charge is 2.37. The summed E-state index contributed by atoms with van der Waals surface area (Å²) in [6, 6.07) is 14.5. The molecule has 0 aliphatic carbocycles. The Morgan fingerprint density at radius 3 is 2.64 bits per heavy atom. The monoisotopic (exact) mass is 470 g/mol. The minimum absolute atomic E-state index is 0.117. The van der Waals surface area contributed by atoms with Gasteiger partial charge in [0, 0.05) is 28.2 Å². The van der Waals surface area contributed by atoms with Crippen LogP contribution in [-0.4, -0.2) is 41.4 Å². The molecule has 5 nitrogen and oxygen atoms in total. The zero-order valence-corrected chi connectivity index (χ0v) is 19.4. The largest absolute Gasteiger partial charge is 0.493 e. The molecular formula is C26H27FO5S. The highest BCUT2D eigenvalue weighted by molar-refractivity contribution is 7.15. The van der Waals surface area contributed by atoms with Crippen LogP contribution in [0.2, 0.25) is 0 Å². The lowest BCUT2D eigenvalue weighted by Crippen LogP contribution is -2.43. The molecule has 0 bridgehead atoms. The number of aryl methyl sites for hydroxylation is 1. The number of Topliss-reactive ketones (excluding diaryl/α,β-unsaturated/α-hetero) is 1. The van der Waals surface area contributed by atoms with Crippen molar-refractivity contribution in [3.05, 3.63) is 75.9 Å². The molecule has 7 heteroatoms. The van der Waals surface area contributed by atoms with Crippen LogP contribution in [0.15, 0.2) is 48.5 Å². The second-order valence-corrected chi connectivity index (χ2v) is 9.32. The normalized spacial score (nSPS) is 20.8. The van der Waals surface area contributed by atoms with Crippen LogP contribution in [0.3, 0.4) is 0 Å². The Morgan fingerprint density at radius 1 is 1.18 bits per heavy atom. The average Bonchev–Trinajstić information content (AvgIpc) is 3.26. The van der Waals surface area contributed by atoms with Gasteiger partial charge in [-0.1, -0.05) is 12.1 Å². The highest BCUT2D eigenvalue weighted by Crippen LogP contribution is 2.38. The smallest absolute Gasteiger partial charge is 0.192 e. The standard InChI is InChI=1S/C26H27FO5S/c1-3-31-22-10-15(2)17(12-20(22)23-13-21(29)26(30)24(14-28)32-23)11-19-8-9-25(33-19)16-4-6-18(27)7-5-16/h4-10,12,21,23-24,28-29H,3,11,13-14H2,1-2H3/t21-,23-,24-/m1/s1. The lowest BCUT2D eigenvalue weighted by atomic mass is 9.91. The third-order valence-electron chi connectivity index (χ3n) is 5.85. The third-order valence-corrected chi connectivity index (χ3v) is 6.98. The number of carbonyl (C=O) groups is 1. The molecular weight excluding hydrogens is 443 g/mol. The van der Waals surface area contributed by atoms with Gasteiger partial charge in [-0.3, -0.25) is 4.79 Å². The first kappa shape index (κ1) is 23.6. The van der Waals surface area contributed by atoms with E-state index in [0.29, 0.717) is 18.8 Å². The summed E-state index contributed by atoms with van der Waals surface area (Å²) in [5.74, 6) is -0.0978. The van der Waals surface area contributed by atoms with E-state index in [9.17, 15) is 19.4 Å². The molecule has 0 radical (unpaired) electrons.